The van der Waals surface area contributed by atoms with Crippen LogP contribution in [0.1, 0.15) is 19.4 Å². The first-order valence-corrected chi connectivity index (χ1v) is 8.07. The van der Waals surface area contributed by atoms with Crippen LogP contribution in [0, 0.1) is 11.8 Å². The Morgan fingerprint density at radius 2 is 2.00 bits per heavy atom. The molecule has 0 saturated heterocycles. The molecule has 0 heterocycles. The van der Waals surface area contributed by atoms with Crippen molar-refractivity contribution in [3.8, 4) is 17.6 Å². The first kappa shape index (κ1) is 17.3. The van der Waals surface area contributed by atoms with Gasteiger partial charge in [0, 0.05) is 18.7 Å². The van der Waals surface area contributed by atoms with Crippen LogP contribution in [-0.4, -0.2) is 39.5 Å². The Bertz CT molecular complexity index is 629. The monoisotopic (exact) mass is 311 g/mol. The lowest BCUT2D eigenvalue weighted by molar-refractivity contribution is 0.416. The van der Waals surface area contributed by atoms with Gasteiger partial charge in [-0.1, -0.05) is 25.7 Å². The molecule has 1 aromatic carbocycles. The van der Waals surface area contributed by atoms with Crippen LogP contribution < -0.4 is 15.2 Å². The van der Waals surface area contributed by atoms with E-state index >= 15 is 0 Å². The fourth-order valence-corrected chi connectivity index (χ4v) is 3.03. The SMILES string of the molecule is CCN(CC)S(=O)(=O)Nc1cc(C#CCN)ccc1OC. The van der Waals surface area contributed by atoms with Crippen molar-refractivity contribution in [3.63, 3.8) is 0 Å². The third kappa shape index (κ3) is 4.63. The molecule has 1 rings (SSSR count). The number of nitrogens with two attached hydrogens (primary N) is 1. The molecule has 0 aliphatic carbocycles. The van der Waals surface area contributed by atoms with E-state index in [4.69, 9.17) is 10.5 Å². The van der Waals surface area contributed by atoms with Crippen molar-refractivity contribution in [2.45, 2.75) is 13.8 Å². The van der Waals surface area contributed by atoms with Crippen LogP contribution in [0.15, 0.2) is 18.2 Å². The molecule has 3 N–H and O–H groups in total. The minimum atomic E-state index is -3.61. The van der Waals surface area contributed by atoms with Crippen LogP contribution in [0.2, 0.25) is 0 Å². The second-order valence-corrected chi connectivity index (χ2v) is 5.78. The van der Waals surface area contributed by atoms with Crippen molar-refractivity contribution in [2.75, 3.05) is 31.5 Å². The van der Waals surface area contributed by atoms with Crippen molar-refractivity contribution in [2.24, 2.45) is 5.73 Å². The molecular formula is C14H21N3O3S. The molecule has 0 radical (unpaired) electrons. The molecule has 21 heavy (non-hydrogen) atoms. The van der Waals surface area contributed by atoms with Crippen LogP contribution in [0.3, 0.4) is 0 Å². The van der Waals surface area contributed by atoms with Crippen molar-refractivity contribution >= 4 is 15.9 Å². The standard InChI is InChI=1S/C14H21N3O3S/c1-4-17(5-2)21(18,19)16-13-11-12(7-6-10-15)8-9-14(13)20-3/h8-9,11,16H,4-5,10,15H2,1-3H3. The third-order valence-electron chi connectivity index (χ3n) is 2.82. The number of benzene rings is 1. The molecule has 0 atom stereocenters. The van der Waals surface area contributed by atoms with E-state index in [0.717, 1.165) is 0 Å². The number of nitrogens with zero attached hydrogens (tertiary/aromatic N) is 1. The number of nitrogens with one attached hydrogen (secondary N) is 1. The molecule has 116 valence electrons. The van der Waals surface area contributed by atoms with Crippen LogP contribution in [0.25, 0.3) is 0 Å². The Morgan fingerprint density at radius 3 is 2.52 bits per heavy atom. The van der Waals surface area contributed by atoms with Crippen LogP contribution in [-0.2, 0) is 10.2 Å². The number of ether oxygens (including phenoxy) is 1. The highest BCUT2D eigenvalue weighted by atomic mass is 32.2. The zero-order valence-electron chi connectivity index (χ0n) is 12.5. The van der Waals surface area contributed by atoms with Gasteiger partial charge in [0.25, 0.3) is 0 Å². The maximum atomic E-state index is 12.3. The summed E-state index contributed by atoms with van der Waals surface area (Å²) in [5.74, 6) is 6.02. The van der Waals surface area contributed by atoms with Crippen LogP contribution in [0.5, 0.6) is 5.75 Å². The lowest BCUT2D eigenvalue weighted by atomic mass is 10.2. The predicted octanol–water partition coefficient (Wildman–Crippen LogP) is 1.00. The lowest BCUT2D eigenvalue weighted by Gasteiger charge is -2.20. The second-order valence-electron chi connectivity index (χ2n) is 4.11. The summed E-state index contributed by atoms with van der Waals surface area (Å²) in [7, 11) is -2.13. The number of hydrogen-bond acceptors (Lipinski definition) is 4. The van der Waals surface area contributed by atoms with Gasteiger partial charge in [0.2, 0.25) is 0 Å². The van der Waals surface area contributed by atoms with Crippen LogP contribution >= 0.6 is 0 Å². The molecule has 0 spiro atoms. The van der Waals surface area contributed by atoms with Gasteiger partial charge in [0.05, 0.1) is 19.3 Å². The Hall–Kier alpha value is -1.75. The number of rotatable bonds is 6. The Morgan fingerprint density at radius 1 is 1.33 bits per heavy atom. The largest absolute Gasteiger partial charge is 0.495 e. The van der Waals surface area contributed by atoms with Gasteiger partial charge in [-0.3, -0.25) is 4.72 Å². The number of hydrogen-bond donors (Lipinski definition) is 2. The third-order valence-corrected chi connectivity index (χ3v) is 4.49. The summed E-state index contributed by atoms with van der Waals surface area (Å²) < 4.78 is 33.6. The van der Waals surface area contributed by atoms with Crippen molar-refractivity contribution < 1.29 is 13.2 Å². The van der Waals surface area contributed by atoms with Gasteiger partial charge >= 0.3 is 10.2 Å². The lowest BCUT2D eigenvalue weighted by Crippen LogP contribution is -2.35. The zero-order valence-corrected chi connectivity index (χ0v) is 13.3. The van der Waals surface area contributed by atoms with Crippen molar-refractivity contribution in [1.29, 1.82) is 0 Å². The average molecular weight is 311 g/mol. The topological polar surface area (TPSA) is 84.7 Å². The average Bonchev–Trinajstić information content (AvgIpc) is 2.45. The van der Waals surface area contributed by atoms with Gasteiger partial charge in [-0.05, 0) is 18.2 Å². The molecule has 0 aromatic heterocycles. The van der Waals surface area contributed by atoms with Crippen LogP contribution in [0.4, 0.5) is 5.69 Å². The number of anilines is 1. The minimum Gasteiger partial charge on any atom is -0.495 e. The fraction of sp³-hybridized carbons (Fsp3) is 0.429. The van der Waals surface area contributed by atoms with E-state index in [1.165, 1.54) is 11.4 Å². The Labute approximate surface area is 126 Å². The van der Waals surface area contributed by atoms with Gasteiger partial charge < -0.3 is 10.5 Å². The maximum absolute atomic E-state index is 12.3. The summed E-state index contributed by atoms with van der Waals surface area (Å²) in [6, 6.07) is 5.04. The van der Waals surface area contributed by atoms with E-state index < -0.39 is 10.2 Å². The predicted molar refractivity (Wildman–Crippen MR) is 84.4 cm³/mol. The normalized spacial score (nSPS) is 10.9. The van der Waals surface area contributed by atoms with E-state index in [0.29, 0.717) is 30.1 Å². The van der Waals surface area contributed by atoms with Gasteiger partial charge in [0.1, 0.15) is 5.75 Å². The van der Waals surface area contributed by atoms with E-state index in [1.54, 1.807) is 32.0 Å². The van der Waals surface area contributed by atoms with Crippen molar-refractivity contribution in [3.05, 3.63) is 23.8 Å². The van der Waals surface area contributed by atoms with Crippen molar-refractivity contribution in [1.82, 2.24) is 4.31 Å². The summed E-state index contributed by atoms with van der Waals surface area (Å²) >= 11 is 0. The first-order chi connectivity index (χ1) is 9.98. The van der Waals surface area contributed by atoms with Gasteiger partial charge in [0.15, 0.2) is 0 Å². The molecule has 0 aliphatic heterocycles. The summed E-state index contributed by atoms with van der Waals surface area (Å²) in [5.41, 5.74) is 6.35. The highest BCUT2D eigenvalue weighted by Crippen LogP contribution is 2.26. The Balaban J connectivity index is 3.16. The first-order valence-electron chi connectivity index (χ1n) is 6.63. The second kappa shape index (κ2) is 7.88. The molecule has 6 nitrogen and oxygen atoms in total. The van der Waals surface area contributed by atoms with Gasteiger partial charge in [-0.25, -0.2) is 0 Å². The zero-order chi connectivity index (χ0) is 15.9. The Kier molecular flexibility index (Phi) is 6.49. The summed E-state index contributed by atoms with van der Waals surface area (Å²) in [5, 5.41) is 0. The quantitative estimate of drug-likeness (QED) is 0.768. The molecule has 0 unspecified atom stereocenters. The molecule has 1 aromatic rings. The highest BCUT2D eigenvalue weighted by Gasteiger charge is 2.20. The molecule has 0 fully saturated rings. The van der Waals surface area contributed by atoms with Gasteiger partial charge in [-0.15, -0.1) is 0 Å². The summed E-state index contributed by atoms with van der Waals surface area (Å²) in [4.78, 5) is 0. The van der Waals surface area contributed by atoms with E-state index in [9.17, 15) is 8.42 Å². The summed E-state index contributed by atoms with van der Waals surface area (Å²) in [6.07, 6.45) is 0. The number of methoxy groups -OCH3 is 1. The molecule has 7 heteroatoms. The van der Waals surface area contributed by atoms with E-state index in [1.807, 2.05) is 0 Å². The van der Waals surface area contributed by atoms with Gasteiger partial charge in [-0.2, -0.15) is 12.7 Å². The molecular weight excluding hydrogens is 290 g/mol. The summed E-state index contributed by atoms with van der Waals surface area (Å²) in [6.45, 7) is 4.58. The fourth-order valence-electron chi connectivity index (χ4n) is 1.79. The van der Waals surface area contributed by atoms with E-state index in [-0.39, 0.29) is 6.54 Å². The molecule has 0 bridgehead atoms. The molecule has 0 aliphatic rings. The molecule has 0 amide bonds. The minimum absolute atomic E-state index is 0.243. The highest BCUT2D eigenvalue weighted by molar-refractivity contribution is 7.90. The van der Waals surface area contributed by atoms with E-state index in [2.05, 4.69) is 16.6 Å². The smallest absolute Gasteiger partial charge is 0.301 e. The molecule has 0 saturated carbocycles. The maximum Gasteiger partial charge on any atom is 0.301 e.